The number of rotatable bonds is 7. The van der Waals surface area contributed by atoms with E-state index >= 15 is 0 Å². The van der Waals surface area contributed by atoms with E-state index in [1.54, 1.807) is 36.4 Å². The maximum Gasteiger partial charge on any atom is 0.261 e. The first-order chi connectivity index (χ1) is 14.5. The van der Waals surface area contributed by atoms with Crippen LogP contribution in [0, 0.1) is 6.92 Å². The number of carbonyl (C=O) groups excluding carboxylic acids is 1. The number of nitrogens with one attached hydrogen (secondary N) is 3. The molecule has 0 saturated carbocycles. The third-order valence-electron chi connectivity index (χ3n) is 4.15. The van der Waals surface area contributed by atoms with E-state index in [2.05, 4.69) is 14.8 Å². The van der Waals surface area contributed by atoms with Crippen LogP contribution in [0.4, 0.5) is 17.1 Å². The minimum absolute atomic E-state index is 0.151. The smallest absolute Gasteiger partial charge is 0.261 e. The van der Waals surface area contributed by atoms with Gasteiger partial charge in [0.2, 0.25) is 10.0 Å². The average molecular weight is 460 g/mol. The molecule has 0 aromatic heterocycles. The fourth-order valence-corrected chi connectivity index (χ4v) is 4.31. The summed E-state index contributed by atoms with van der Waals surface area (Å²) in [4.78, 5) is 12.6. The molecule has 10 heteroatoms. The number of anilines is 3. The Morgan fingerprint density at radius 2 is 1.35 bits per heavy atom. The maximum atomic E-state index is 12.5. The molecule has 0 fully saturated rings. The SMILES string of the molecule is Cc1ccc(S(=O)(=O)Nc2ccc(NC(=O)c3cccc(NS(C)(=O)=O)c3)cc2)cc1. The molecule has 1 amide bonds. The van der Waals surface area contributed by atoms with Crippen molar-refractivity contribution in [1.82, 2.24) is 0 Å². The Balaban J connectivity index is 1.69. The lowest BCUT2D eigenvalue weighted by Crippen LogP contribution is -2.14. The number of aryl methyl sites for hydroxylation is 1. The van der Waals surface area contributed by atoms with E-state index in [1.807, 2.05) is 6.92 Å². The van der Waals surface area contributed by atoms with Crippen molar-refractivity contribution in [2.75, 3.05) is 21.0 Å². The Morgan fingerprint density at radius 3 is 1.97 bits per heavy atom. The van der Waals surface area contributed by atoms with Gasteiger partial charge in [-0.2, -0.15) is 0 Å². The third kappa shape index (κ3) is 6.30. The normalized spacial score (nSPS) is 11.5. The molecule has 8 nitrogen and oxygen atoms in total. The van der Waals surface area contributed by atoms with Gasteiger partial charge in [0, 0.05) is 22.6 Å². The molecule has 0 aliphatic rings. The van der Waals surface area contributed by atoms with Gasteiger partial charge in [0.25, 0.3) is 15.9 Å². The Morgan fingerprint density at radius 1 is 0.742 bits per heavy atom. The van der Waals surface area contributed by atoms with Crippen molar-refractivity contribution in [2.45, 2.75) is 11.8 Å². The van der Waals surface area contributed by atoms with E-state index in [1.165, 1.54) is 36.4 Å². The van der Waals surface area contributed by atoms with Gasteiger partial charge < -0.3 is 5.32 Å². The lowest BCUT2D eigenvalue weighted by Gasteiger charge is -2.10. The van der Waals surface area contributed by atoms with Gasteiger partial charge in [-0.25, -0.2) is 16.8 Å². The molecule has 3 aromatic carbocycles. The Hall–Kier alpha value is -3.37. The summed E-state index contributed by atoms with van der Waals surface area (Å²) in [6.07, 6.45) is 1.02. The van der Waals surface area contributed by atoms with E-state index in [9.17, 15) is 21.6 Å². The standard InChI is InChI=1S/C21H21N3O5S2/c1-15-6-12-20(13-7-15)31(28,29)24-18-10-8-17(9-11-18)22-21(25)16-4-3-5-19(14-16)23-30(2,26)27/h3-14,23-24H,1-2H3,(H,22,25). The van der Waals surface area contributed by atoms with E-state index in [0.717, 1.165) is 11.8 Å². The minimum Gasteiger partial charge on any atom is -0.322 e. The summed E-state index contributed by atoms with van der Waals surface area (Å²) in [5, 5.41) is 2.68. The summed E-state index contributed by atoms with van der Waals surface area (Å²) >= 11 is 0. The summed E-state index contributed by atoms with van der Waals surface area (Å²) in [6, 6.07) is 18.7. The molecule has 3 aromatic rings. The zero-order valence-corrected chi connectivity index (χ0v) is 18.4. The summed E-state index contributed by atoms with van der Waals surface area (Å²) < 4.78 is 52.4. The molecule has 3 N–H and O–H groups in total. The second-order valence-electron chi connectivity index (χ2n) is 6.91. The minimum atomic E-state index is -3.72. The molecule has 31 heavy (non-hydrogen) atoms. The molecule has 0 heterocycles. The molecular weight excluding hydrogens is 438 g/mol. The first-order valence-electron chi connectivity index (χ1n) is 9.11. The van der Waals surface area contributed by atoms with Gasteiger partial charge in [-0.3, -0.25) is 14.2 Å². The van der Waals surface area contributed by atoms with Crippen molar-refractivity contribution in [2.24, 2.45) is 0 Å². The number of sulfonamides is 2. The van der Waals surface area contributed by atoms with Crippen LogP contribution in [0.3, 0.4) is 0 Å². The second-order valence-corrected chi connectivity index (χ2v) is 10.3. The van der Waals surface area contributed by atoms with Gasteiger partial charge in [-0.1, -0.05) is 23.8 Å². The van der Waals surface area contributed by atoms with Crippen molar-refractivity contribution >= 4 is 43.0 Å². The number of benzene rings is 3. The van der Waals surface area contributed by atoms with Crippen molar-refractivity contribution in [3.8, 4) is 0 Å². The van der Waals surface area contributed by atoms with Crippen molar-refractivity contribution < 1.29 is 21.6 Å². The number of hydrogen-bond acceptors (Lipinski definition) is 5. The second kappa shape index (κ2) is 8.78. The molecule has 0 aliphatic heterocycles. The lowest BCUT2D eigenvalue weighted by molar-refractivity contribution is 0.102. The van der Waals surface area contributed by atoms with Crippen LogP contribution in [0.2, 0.25) is 0 Å². The van der Waals surface area contributed by atoms with Crippen molar-refractivity contribution in [1.29, 1.82) is 0 Å². The van der Waals surface area contributed by atoms with Gasteiger partial charge in [-0.05, 0) is 61.5 Å². The monoisotopic (exact) mass is 459 g/mol. The van der Waals surface area contributed by atoms with Gasteiger partial charge in [0.1, 0.15) is 0 Å². The largest absolute Gasteiger partial charge is 0.322 e. The predicted molar refractivity (Wildman–Crippen MR) is 121 cm³/mol. The average Bonchev–Trinajstić information content (AvgIpc) is 2.68. The molecule has 0 radical (unpaired) electrons. The topological polar surface area (TPSA) is 121 Å². The van der Waals surface area contributed by atoms with Crippen LogP contribution < -0.4 is 14.8 Å². The summed E-state index contributed by atoms with van der Waals surface area (Å²) in [7, 11) is -7.18. The van der Waals surface area contributed by atoms with Gasteiger partial charge in [0.05, 0.1) is 11.2 Å². The highest BCUT2D eigenvalue weighted by Gasteiger charge is 2.14. The fourth-order valence-electron chi connectivity index (χ4n) is 2.69. The zero-order valence-electron chi connectivity index (χ0n) is 16.8. The van der Waals surface area contributed by atoms with Crippen LogP contribution in [-0.2, 0) is 20.0 Å². The van der Waals surface area contributed by atoms with Crippen LogP contribution in [-0.4, -0.2) is 29.0 Å². The third-order valence-corrected chi connectivity index (χ3v) is 6.16. The molecule has 0 atom stereocenters. The number of hydrogen-bond donors (Lipinski definition) is 3. The molecule has 0 saturated heterocycles. The molecule has 0 spiro atoms. The molecule has 3 rings (SSSR count). The van der Waals surface area contributed by atoms with E-state index < -0.39 is 26.0 Å². The van der Waals surface area contributed by atoms with Crippen molar-refractivity contribution in [3.05, 3.63) is 83.9 Å². The lowest BCUT2D eigenvalue weighted by atomic mass is 10.2. The quantitative estimate of drug-likeness (QED) is 0.500. The summed E-state index contributed by atoms with van der Waals surface area (Å²) in [5.74, 6) is -0.440. The summed E-state index contributed by atoms with van der Waals surface area (Å²) in [5.41, 5.74) is 2.29. The Labute approximate surface area is 181 Å². The van der Waals surface area contributed by atoms with E-state index in [4.69, 9.17) is 0 Å². The summed E-state index contributed by atoms with van der Waals surface area (Å²) in [6.45, 7) is 1.87. The van der Waals surface area contributed by atoms with Crippen LogP contribution in [0.5, 0.6) is 0 Å². The van der Waals surface area contributed by atoms with Gasteiger partial charge >= 0.3 is 0 Å². The molecule has 162 valence electrons. The molecule has 0 bridgehead atoms. The van der Waals surface area contributed by atoms with Crippen molar-refractivity contribution in [3.63, 3.8) is 0 Å². The first kappa shape index (κ1) is 22.3. The molecule has 0 unspecified atom stereocenters. The first-order valence-corrected chi connectivity index (χ1v) is 12.5. The van der Waals surface area contributed by atoms with Crippen LogP contribution in [0.25, 0.3) is 0 Å². The highest BCUT2D eigenvalue weighted by atomic mass is 32.2. The fraction of sp³-hybridized carbons (Fsp3) is 0.0952. The molecular formula is C21H21N3O5S2. The van der Waals surface area contributed by atoms with Crippen LogP contribution >= 0.6 is 0 Å². The maximum absolute atomic E-state index is 12.5. The van der Waals surface area contributed by atoms with E-state index in [0.29, 0.717) is 11.4 Å². The molecule has 0 aliphatic carbocycles. The zero-order chi connectivity index (χ0) is 22.6. The Bertz CT molecular complexity index is 1300. The predicted octanol–water partition coefficient (Wildman–Crippen LogP) is 3.42. The van der Waals surface area contributed by atoms with Crippen LogP contribution in [0.15, 0.2) is 77.7 Å². The highest BCUT2D eigenvalue weighted by Crippen LogP contribution is 2.20. The van der Waals surface area contributed by atoms with E-state index in [-0.39, 0.29) is 16.1 Å². The number of carbonyl (C=O) groups is 1. The number of amides is 1. The van der Waals surface area contributed by atoms with Gasteiger partial charge in [0.15, 0.2) is 0 Å². The Kier molecular flexibility index (Phi) is 6.32. The van der Waals surface area contributed by atoms with Crippen LogP contribution in [0.1, 0.15) is 15.9 Å². The highest BCUT2D eigenvalue weighted by molar-refractivity contribution is 7.92. The van der Waals surface area contributed by atoms with Gasteiger partial charge in [-0.15, -0.1) is 0 Å².